The number of ether oxygens (including phenoxy) is 5. The van der Waals surface area contributed by atoms with E-state index in [9.17, 15) is 19.2 Å². The lowest BCUT2D eigenvalue weighted by atomic mass is 9.90. The fourth-order valence-electron chi connectivity index (χ4n) is 6.85. The number of hydrogen-bond donors (Lipinski definition) is 4. The van der Waals surface area contributed by atoms with Gasteiger partial charge < -0.3 is 59.0 Å². The summed E-state index contributed by atoms with van der Waals surface area (Å²) >= 11 is 1.78. The molecule has 2 rings (SSSR count). The number of thiophene rings is 1. The summed E-state index contributed by atoms with van der Waals surface area (Å²) in [6, 6.07) is 4.10. The number of nitrogens with one attached hydrogen (secondary N) is 2. The lowest BCUT2D eigenvalue weighted by Crippen LogP contribution is -2.54. The van der Waals surface area contributed by atoms with Crippen molar-refractivity contribution in [1.82, 2.24) is 25.3 Å². The van der Waals surface area contributed by atoms with Gasteiger partial charge in [0, 0.05) is 51.8 Å². The van der Waals surface area contributed by atoms with Crippen LogP contribution in [-0.2, 0) is 47.7 Å². The van der Waals surface area contributed by atoms with Gasteiger partial charge in [-0.2, -0.15) is 0 Å². The number of aliphatic hydroxyl groups excluding tert-OH is 1. The van der Waals surface area contributed by atoms with Gasteiger partial charge in [-0.25, -0.2) is 5.90 Å². The summed E-state index contributed by atoms with van der Waals surface area (Å²) in [5.41, 5.74) is 0. The van der Waals surface area contributed by atoms with E-state index in [1.54, 1.807) is 35.1 Å². The molecule has 7 atom stereocenters. The Morgan fingerprint density at radius 1 is 0.954 bits per heavy atom. The minimum atomic E-state index is -0.546. The summed E-state index contributed by atoms with van der Waals surface area (Å²) in [5.74, 6) is 5.28. The highest BCUT2D eigenvalue weighted by Gasteiger charge is 2.41. The molecule has 1 aliphatic rings. The molecule has 0 saturated carbocycles. The second kappa shape index (κ2) is 40.3. The van der Waals surface area contributed by atoms with Crippen LogP contribution in [0.25, 0.3) is 0 Å². The van der Waals surface area contributed by atoms with E-state index in [0.717, 1.165) is 31.9 Å². The maximum absolute atomic E-state index is 13.5. The average Bonchev–Trinajstić information content (AvgIpc) is 3.98. The van der Waals surface area contributed by atoms with E-state index < -0.39 is 18.1 Å². The third kappa shape index (κ3) is 29.6. The van der Waals surface area contributed by atoms with Crippen LogP contribution >= 0.6 is 11.3 Å². The number of nitrogens with two attached hydrogens (primary N) is 1. The van der Waals surface area contributed by atoms with E-state index in [-0.39, 0.29) is 61.8 Å². The van der Waals surface area contributed by atoms with E-state index in [2.05, 4.69) is 93.4 Å². The average molecular weight is 949 g/mol. The van der Waals surface area contributed by atoms with Gasteiger partial charge in [0.2, 0.25) is 24.1 Å². The van der Waals surface area contributed by atoms with Gasteiger partial charge in [-0.05, 0) is 62.9 Å². The Morgan fingerprint density at radius 2 is 1.54 bits per heavy atom. The number of hydrogen-bond acceptors (Lipinski definition) is 14. The number of rotatable bonds is 30. The van der Waals surface area contributed by atoms with E-state index in [1.807, 2.05) is 13.8 Å². The summed E-state index contributed by atoms with van der Waals surface area (Å²) in [7, 11) is 6.86. The molecule has 1 aromatic heterocycles. The highest BCUT2D eigenvalue weighted by Crippen LogP contribution is 2.29. The lowest BCUT2D eigenvalue weighted by Gasteiger charge is -2.39. The minimum absolute atomic E-state index is 0.0503. The molecule has 1 aromatic rings. The van der Waals surface area contributed by atoms with E-state index in [0.29, 0.717) is 71.0 Å². The molecule has 2 heterocycles. The third-order valence-corrected chi connectivity index (χ3v) is 11.9. The maximum atomic E-state index is 13.5. The number of aryl methyl sites for hydroxylation is 1. The van der Waals surface area contributed by atoms with E-state index in [1.165, 1.54) is 19.1 Å². The monoisotopic (exact) mass is 949 g/mol. The van der Waals surface area contributed by atoms with E-state index >= 15 is 0 Å². The minimum Gasteiger partial charge on any atom is -0.395 e. The van der Waals surface area contributed by atoms with Crippen LogP contribution in [-0.4, -0.2) is 182 Å². The molecule has 382 valence electrons. The van der Waals surface area contributed by atoms with Gasteiger partial charge in [0.15, 0.2) is 0 Å². The summed E-state index contributed by atoms with van der Waals surface area (Å²) in [5, 5.41) is 16.1. The zero-order valence-electron chi connectivity index (χ0n) is 42.7. The first-order chi connectivity index (χ1) is 30.9. The summed E-state index contributed by atoms with van der Waals surface area (Å²) < 4.78 is 27.5. The Labute approximate surface area is 397 Å². The zero-order chi connectivity index (χ0) is 49.7. The normalized spacial score (nSPS) is 16.2. The standard InChI is InChI=1S/C24H44N4O7.C14H32N2O4.C5H6S.C4H10/c1-7-16(2)22(27(4)21(32)14-25-15-30)19(34-5)13-20(31)28-11-8-9-18(28)23(35-6)17(3)24(33)26-10-12-29;1-13(2)14(3)16(4)5-6-17-7-8-18-9-10-19-11-12-20-15;1-5-3-2-4-6-5;1-4(2)3/h15-19,22-23,29H,7-14H2,1-6H3,(H,25,30)(H,26,33);13-14H,5-12,15H2,1-4H3;2-4H,1H3;4H,1-3H3. The van der Waals surface area contributed by atoms with Crippen LogP contribution in [0.1, 0.15) is 92.9 Å². The molecule has 0 radical (unpaired) electrons. The number of aliphatic hydroxyl groups is 1. The van der Waals surface area contributed by atoms with Gasteiger partial charge in [0.25, 0.3) is 0 Å². The molecular formula is C47H92N6O11S. The molecule has 18 heteroatoms. The largest absolute Gasteiger partial charge is 0.395 e. The van der Waals surface area contributed by atoms with Crippen LogP contribution in [0.5, 0.6) is 0 Å². The van der Waals surface area contributed by atoms with Crippen molar-refractivity contribution in [2.45, 2.75) is 125 Å². The van der Waals surface area contributed by atoms with Crippen molar-refractivity contribution in [2.75, 3.05) is 107 Å². The molecule has 5 N–H and O–H groups in total. The highest BCUT2D eigenvalue weighted by molar-refractivity contribution is 7.09. The first-order valence-corrected chi connectivity index (χ1v) is 24.2. The van der Waals surface area contributed by atoms with Crippen molar-refractivity contribution < 1.29 is 52.8 Å². The summed E-state index contributed by atoms with van der Waals surface area (Å²) in [6.45, 7) is 26.4. The van der Waals surface area contributed by atoms with Crippen LogP contribution < -0.4 is 16.5 Å². The summed E-state index contributed by atoms with van der Waals surface area (Å²) in [6.07, 6.45) is 1.79. The first kappa shape index (κ1) is 64.3. The van der Waals surface area contributed by atoms with Gasteiger partial charge in [-0.1, -0.05) is 67.9 Å². The number of amides is 4. The van der Waals surface area contributed by atoms with Crippen LogP contribution in [0.3, 0.4) is 0 Å². The molecule has 0 aliphatic carbocycles. The molecule has 4 amide bonds. The second-order valence-electron chi connectivity index (χ2n) is 17.3. The molecule has 17 nitrogen and oxygen atoms in total. The first-order valence-electron chi connectivity index (χ1n) is 23.3. The van der Waals surface area contributed by atoms with Crippen LogP contribution in [0.4, 0.5) is 0 Å². The van der Waals surface area contributed by atoms with E-state index in [4.69, 9.17) is 34.7 Å². The molecule has 7 unspecified atom stereocenters. The zero-order valence-corrected chi connectivity index (χ0v) is 43.5. The van der Waals surface area contributed by atoms with Crippen LogP contribution in [0.15, 0.2) is 17.5 Å². The Balaban J connectivity index is 0. The molecule has 1 saturated heterocycles. The number of methoxy groups -OCH3 is 2. The third-order valence-electron chi connectivity index (χ3n) is 11.1. The number of likely N-dealkylation sites (tertiary alicyclic amines) is 1. The van der Waals surface area contributed by atoms with Crippen molar-refractivity contribution in [2.24, 2.45) is 29.6 Å². The number of nitrogens with zero attached hydrogens (tertiary/aromatic N) is 3. The Kier molecular flexibility index (Phi) is 39.9. The number of carbonyl (C=O) groups is 4. The fraction of sp³-hybridized carbons (Fsp3) is 0.830. The second-order valence-corrected chi connectivity index (χ2v) is 18.4. The molecule has 0 spiro atoms. The van der Waals surface area contributed by atoms with Crippen molar-refractivity contribution in [3.05, 3.63) is 22.4 Å². The topological polar surface area (TPSA) is 204 Å². The van der Waals surface area contributed by atoms with Crippen LogP contribution in [0, 0.1) is 30.6 Å². The van der Waals surface area contributed by atoms with Crippen molar-refractivity contribution in [3.8, 4) is 0 Å². The molecule has 65 heavy (non-hydrogen) atoms. The fourth-order valence-corrected chi connectivity index (χ4v) is 7.38. The Bertz CT molecular complexity index is 1310. The highest BCUT2D eigenvalue weighted by atomic mass is 32.1. The Hall–Kier alpha value is -2.78. The van der Waals surface area contributed by atoms with Gasteiger partial charge >= 0.3 is 0 Å². The lowest BCUT2D eigenvalue weighted by molar-refractivity contribution is -0.145. The van der Waals surface area contributed by atoms with Gasteiger partial charge in [0.05, 0.1) is 96.0 Å². The van der Waals surface area contributed by atoms with Crippen LogP contribution in [0.2, 0.25) is 0 Å². The van der Waals surface area contributed by atoms with Crippen molar-refractivity contribution in [1.29, 1.82) is 0 Å². The predicted octanol–water partition coefficient (Wildman–Crippen LogP) is 4.38. The SMILES string of the molecule is CC(C)C.CC(C)C(C)N(C)CCOCCOCCOCCON.CCC(C)C(C(CC(=O)N1CCCC1C(OC)C(C)C(=O)NCCO)OC)N(C)C(=O)CNC=O.Cc1cccs1. The van der Waals surface area contributed by atoms with Crippen molar-refractivity contribution in [3.63, 3.8) is 0 Å². The predicted molar refractivity (Wildman–Crippen MR) is 259 cm³/mol. The number of carbonyl (C=O) groups excluding carboxylic acids is 4. The van der Waals surface area contributed by atoms with Gasteiger partial charge in [-0.3, -0.25) is 19.2 Å². The summed E-state index contributed by atoms with van der Waals surface area (Å²) in [4.78, 5) is 60.6. The molecule has 0 aromatic carbocycles. The van der Waals surface area contributed by atoms with Gasteiger partial charge in [0.1, 0.15) is 0 Å². The maximum Gasteiger partial charge on any atom is 0.242 e. The molecule has 0 bridgehead atoms. The molecule has 1 fully saturated rings. The Morgan fingerprint density at radius 3 is 1.98 bits per heavy atom. The molecule has 1 aliphatic heterocycles. The smallest absolute Gasteiger partial charge is 0.242 e. The quantitative estimate of drug-likeness (QED) is 0.0481. The molecular weight excluding hydrogens is 857 g/mol. The number of likely N-dealkylation sites (N-methyl/N-ethyl adjacent to an activating group) is 2. The van der Waals surface area contributed by atoms with Crippen molar-refractivity contribution >= 4 is 35.5 Å². The van der Waals surface area contributed by atoms with Gasteiger partial charge in [-0.15, -0.1) is 11.3 Å².